The summed E-state index contributed by atoms with van der Waals surface area (Å²) in [6, 6.07) is 16.1. The SMILES string of the molecule is CC(C)(C)n1cc(C(=O)O)c(NC(=O)OCC2c3ccccc3-c3ccccc32)n1. The van der Waals surface area contributed by atoms with Crippen molar-refractivity contribution < 1.29 is 19.4 Å². The Labute approximate surface area is 174 Å². The number of ether oxygens (including phenoxy) is 1. The number of nitrogens with zero attached hydrogens (tertiary/aromatic N) is 2. The van der Waals surface area contributed by atoms with Crippen molar-refractivity contribution in [3.05, 3.63) is 71.4 Å². The Morgan fingerprint density at radius 3 is 2.17 bits per heavy atom. The van der Waals surface area contributed by atoms with Gasteiger partial charge in [-0.3, -0.25) is 10.00 Å². The largest absolute Gasteiger partial charge is 0.477 e. The van der Waals surface area contributed by atoms with Crippen molar-refractivity contribution in [1.29, 1.82) is 0 Å². The quantitative estimate of drug-likeness (QED) is 0.656. The van der Waals surface area contributed by atoms with Crippen LogP contribution in [0.1, 0.15) is 48.2 Å². The van der Waals surface area contributed by atoms with E-state index in [1.54, 1.807) is 0 Å². The van der Waals surface area contributed by atoms with Crippen LogP contribution in [0.15, 0.2) is 54.7 Å². The van der Waals surface area contributed by atoms with Gasteiger partial charge in [-0.1, -0.05) is 48.5 Å². The molecule has 0 bridgehead atoms. The fraction of sp³-hybridized carbons (Fsp3) is 0.261. The van der Waals surface area contributed by atoms with Gasteiger partial charge in [-0.25, -0.2) is 9.59 Å². The maximum atomic E-state index is 12.5. The molecule has 1 heterocycles. The standard InChI is InChI=1S/C23H23N3O4/c1-23(2,3)26-12-18(21(27)28)20(25-26)24-22(29)30-13-19-16-10-6-4-8-14(16)15-9-5-7-11-17(15)19/h4-12,19H,13H2,1-3H3,(H,27,28)(H,24,25,29). The zero-order valence-corrected chi connectivity index (χ0v) is 17.0. The smallest absolute Gasteiger partial charge is 0.412 e. The van der Waals surface area contributed by atoms with Crippen LogP contribution in [0.5, 0.6) is 0 Å². The summed E-state index contributed by atoms with van der Waals surface area (Å²) < 4.78 is 6.99. The van der Waals surface area contributed by atoms with E-state index in [9.17, 15) is 14.7 Å². The lowest BCUT2D eigenvalue weighted by atomic mass is 9.98. The monoisotopic (exact) mass is 405 g/mol. The van der Waals surface area contributed by atoms with E-state index in [0.29, 0.717) is 0 Å². The van der Waals surface area contributed by atoms with E-state index in [0.717, 1.165) is 22.3 Å². The van der Waals surface area contributed by atoms with Crippen molar-refractivity contribution >= 4 is 17.9 Å². The van der Waals surface area contributed by atoms with Crippen LogP contribution >= 0.6 is 0 Å². The number of anilines is 1. The first-order chi connectivity index (χ1) is 14.3. The highest BCUT2D eigenvalue weighted by atomic mass is 16.5. The molecule has 1 aromatic heterocycles. The number of carboxylic acids is 1. The highest BCUT2D eigenvalue weighted by molar-refractivity contribution is 5.97. The highest BCUT2D eigenvalue weighted by Gasteiger charge is 2.29. The maximum Gasteiger partial charge on any atom is 0.412 e. The van der Waals surface area contributed by atoms with Crippen molar-refractivity contribution in [2.75, 3.05) is 11.9 Å². The van der Waals surface area contributed by atoms with Crippen molar-refractivity contribution in [3.63, 3.8) is 0 Å². The fourth-order valence-corrected chi connectivity index (χ4v) is 3.70. The molecule has 0 radical (unpaired) electrons. The molecular formula is C23H23N3O4. The summed E-state index contributed by atoms with van der Waals surface area (Å²) in [5.74, 6) is -1.27. The summed E-state index contributed by atoms with van der Waals surface area (Å²) in [5, 5.41) is 16.1. The number of hydrogen-bond donors (Lipinski definition) is 2. The van der Waals surface area contributed by atoms with Gasteiger partial charge in [0.1, 0.15) is 12.2 Å². The second kappa shape index (κ2) is 7.33. The van der Waals surface area contributed by atoms with E-state index in [4.69, 9.17) is 4.74 Å². The minimum absolute atomic E-state index is 0.0327. The highest BCUT2D eigenvalue weighted by Crippen LogP contribution is 2.44. The molecule has 0 saturated heterocycles. The minimum atomic E-state index is -1.17. The first kappa shape index (κ1) is 19.7. The molecule has 0 unspecified atom stereocenters. The molecule has 0 atom stereocenters. The molecule has 0 saturated carbocycles. The summed E-state index contributed by atoms with van der Waals surface area (Å²) in [7, 11) is 0. The molecule has 4 rings (SSSR count). The van der Waals surface area contributed by atoms with Crippen LogP contribution in [0.3, 0.4) is 0 Å². The number of amides is 1. The lowest BCUT2D eigenvalue weighted by molar-refractivity contribution is 0.0697. The number of carbonyl (C=O) groups excluding carboxylic acids is 1. The van der Waals surface area contributed by atoms with Crippen LogP contribution in [0.25, 0.3) is 11.1 Å². The minimum Gasteiger partial charge on any atom is -0.477 e. The van der Waals surface area contributed by atoms with Gasteiger partial charge in [-0.15, -0.1) is 0 Å². The van der Waals surface area contributed by atoms with Gasteiger partial charge in [0.05, 0.1) is 5.54 Å². The summed E-state index contributed by atoms with van der Waals surface area (Å²) in [6.07, 6.45) is 0.667. The van der Waals surface area contributed by atoms with Crippen LogP contribution in [-0.2, 0) is 10.3 Å². The van der Waals surface area contributed by atoms with E-state index in [1.165, 1.54) is 10.9 Å². The third kappa shape index (κ3) is 3.54. The molecule has 0 fully saturated rings. The third-order valence-corrected chi connectivity index (χ3v) is 5.20. The van der Waals surface area contributed by atoms with E-state index in [2.05, 4.69) is 22.5 Å². The van der Waals surface area contributed by atoms with Crippen molar-refractivity contribution in [2.24, 2.45) is 0 Å². The number of hydrogen-bond acceptors (Lipinski definition) is 4. The van der Waals surface area contributed by atoms with Crippen LogP contribution in [0.2, 0.25) is 0 Å². The number of carboxylic acid groups (broad SMARTS) is 1. The molecule has 7 nitrogen and oxygen atoms in total. The summed E-state index contributed by atoms with van der Waals surface area (Å²) in [6.45, 7) is 5.82. The van der Waals surface area contributed by atoms with E-state index in [1.807, 2.05) is 57.2 Å². The van der Waals surface area contributed by atoms with Crippen LogP contribution < -0.4 is 5.32 Å². The Morgan fingerprint density at radius 2 is 1.63 bits per heavy atom. The summed E-state index contributed by atoms with van der Waals surface area (Å²) in [4.78, 5) is 24.0. The average Bonchev–Trinajstić information content (AvgIpc) is 3.26. The number of aromatic nitrogens is 2. The number of benzene rings is 2. The van der Waals surface area contributed by atoms with Crippen molar-refractivity contribution in [1.82, 2.24) is 9.78 Å². The topological polar surface area (TPSA) is 93.5 Å². The molecule has 154 valence electrons. The molecule has 1 amide bonds. The Hall–Kier alpha value is -3.61. The Morgan fingerprint density at radius 1 is 1.07 bits per heavy atom. The second-order valence-electron chi connectivity index (χ2n) is 8.26. The normalized spacial score (nSPS) is 12.9. The number of nitrogens with one attached hydrogen (secondary N) is 1. The number of fused-ring (bicyclic) bond motifs is 3. The van der Waals surface area contributed by atoms with Gasteiger partial charge in [0.2, 0.25) is 0 Å². The molecule has 1 aliphatic rings. The number of rotatable bonds is 4. The van der Waals surface area contributed by atoms with Gasteiger partial charge in [0, 0.05) is 12.1 Å². The number of aromatic carboxylic acids is 1. The molecule has 1 aliphatic carbocycles. The van der Waals surface area contributed by atoms with Gasteiger partial charge >= 0.3 is 12.1 Å². The predicted molar refractivity (Wildman–Crippen MR) is 113 cm³/mol. The third-order valence-electron chi connectivity index (χ3n) is 5.20. The van der Waals surface area contributed by atoms with E-state index >= 15 is 0 Å². The second-order valence-corrected chi connectivity index (χ2v) is 8.26. The molecule has 2 N–H and O–H groups in total. The van der Waals surface area contributed by atoms with E-state index < -0.39 is 17.6 Å². The van der Waals surface area contributed by atoms with Gasteiger partial charge in [0.15, 0.2) is 5.82 Å². The molecular weight excluding hydrogens is 382 g/mol. The van der Waals surface area contributed by atoms with Gasteiger partial charge in [0.25, 0.3) is 0 Å². The van der Waals surface area contributed by atoms with Crippen LogP contribution in [0, 0.1) is 0 Å². The van der Waals surface area contributed by atoms with Crippen molar-refractivity contribution in [3.8, 4) is 11.1 Å². The van der Waals surface area contributed by atoms with Crippen molar-refractivity contribution in [2.45, 2.75) is 32.2 Å². The molecule has 2 aromatic carbocycles. The lowest BCUT2D eigenvalue weighted by Gasteiger charge is -2.18. The molecule has 7 heteroatoms. The number of carbonyl (C=O) groups is 2. The molecule has 30 heavy (non-hydrogen) atoms. The van der Waals surface area contributed by atoms with Crippen LogP contribution in [-0.4, -0.2) is 33.6 Å². The van der Waals surface area contributed by atoms with E-state index in [-0.39, 0.29) is 23.9 Å². The Kier molecular flexibility index (Phi) is 4.81. The zero-order chi connectivity index (χ0) is 21.5. The molecule has 0 spiro atoms. The average molecular weight is 405 g/mol. The molecule has 3 aromatic rings. The maximum absolute atomic E-state index is 12.5. The van der Waals surface area contributed by atoms with Crippen LogP contribution in [0.4, 0.5) is 10.6 Å². The first-order valence-corrected chi connectivity index (χ1v) is 9.71. The Bertz CT molecular complexity index is 1080. The van der Waals surface area contributed by atoms with Gasteiger partial charge < -0.3 is 9.84 Å². The predicted octanol–water partition coefficient (Wildman–Crippen LogP) is 4.70. The Balaban J connectivity index is 1.51. The summed E-state index contributed by atoms with van der Waals surface area (Å²) >= 11 is 0. The van der Waals surface area contributed by atoms with Gasteiger partial charge in [-0.05, 0) is 43.0 Å². The fourth-order valence-electron chi connectivity index (χ4n) is 3.70. The van der Waals surface area contributed by atoms with Gasteiger partial charge in [-0.2, -0.15) is 5.10 Å². The summed E-state index contributed by atoms with van der Waals surface area (Å²) in [5.41, 5.74) is 3.98. The lowest BCUT2D eigenvalue weighted by Crippen LogP contribution is -2.23. The first-order valence-electron chi connectivity index (χ1n) is 9.71. The zero-order valence-electron chi connectivity index (χ0n) is 17.0. The molecule has 0 aliphatic heterocycles.